The van der Waals surface area contributed by atoms with Gasteiger partial charge in [0.25, 0.3) is 0 Å². The van der Waals surface area contributed by atoms with Gasteiger partial charge in [-0.3, -0.25) is 4.79 Å². The van der Waals surface area contributed by atoms with Gasteiger partial charge in [0, 0.05) is 25.7 Å². The topological polar surface area (TPSA) is 46.1 Å². The van der Waals surface area contributed by atoms with Crippen molar-refractivity contribution >= 4 is 11.7 Å². The van der Waals surface area contributed by atoms with Crippen LogP contribution >= 0.6 is 0 Å². The SMILES string of the molecule is CC1CCN(c2ncc3c(n2)CC(C)(C)CC3=O)CC1. The first-order chi connectivity index (χ1) is 9.44. The van der Waals surface area contributed by atoms with Crippen molar-refractivity contribution in [2.45, 2.75) is 46.5 Å². The maximum atomic E-state index is 12.1. The molecule has 0 saturated carbocycles. The minimum Gasteiger partial charge on any atom is -0.341 e. The van der Waals surface area contributed by atoms with Crippen molar-refractivity contribution in [3.05, 3.63) is 17.5 Å². The molecule has 3 rings (SSSR count). The largest absolute Gasteiger partial charge is 0.341 e. The van der Waals surface area contributed by atoms with Crippen LogP contribution < -0.4 is 4.90 Å². The van der Waals surface area contributed by atoms with Crippen LogP contribution in [0.15, 0.2) is 6.20 Å². The Labute approximate surface area is 120 Å². The van der Waals surface area contributed by atoms with Crippen molar-refractivity contribution in [3.8, 4) is 0 Å². The predicted octanol–water partition coefficient (Wildman–Crippen LogP) is 2.87. The first kappa shape index (κ1) is 13.5. The molecule has 1 aliphatic heterocycles. The van der Waals surface area contributed by atoms with Crippen LogP contribution in [0.3, 0.4) is 0 Å². The average Bonchev–Trinajstić information content (AvgIpc) is 2.37. The zero-order valence-electron chi connectivity index (χ0n) is 12.6. The van der Waals surface area contributed by atoms with Crippen molar-refractivity contribution in [3.63, 3.8) is 0 Å². The van der Waals surface area contributed by atoms with Crippen LogP contribution in [0.5, 0.6) is 0 Å². The third-order valence-corrected chi connectivity index (χ3v) is 4.51. The lowest BCUT2D eigenvalue weighted by Gasteiger charge is -2.32. The summed E-state index contributed by atoms with van der Waals surface area (Å²) in [6, 6.07) is 0. The number of carbonyl (C=O) groups is 1. The van der Waals surface area contributed by atoms with Crippen LogP contribution in [0.4, 0.5) is 5.95 Å². The summed E-state index contributed by atoms with van der Waals surface area (Å²) in [5.41, 5.74) is 1.69. The molecule has 1 aromatic rings. The van der Waals surface area contributed by atoms with Gasteiger partial charge in [-0.15, -0.1) is 0 Å². The van der Waals surface area contributed by atoms with E-state index in [-0.39, 0.29) is 11.2 Å². The average molecular weight is 273 g/mol. The van der Waals surface area contributed by atoms with E-state index in [0.29, 0.717) is 6.42 Å². The van der Waals surface area contributed by atoms with Gasteiger partial charge in [0.15, 0.2) is 5.78 Å². The molecule has 0 radical (unpaired) electrons. The Kier molecular flexibility index (Phi) is 3.27. The predicted molar refractivity (Wildman–Crippen MR) is 79.1 cm³/mol. The molecule has 0 aromatic carbocycles. The summed E-state index contributed by atoms with van der Waals surface area (Å²) < 4.78 is 0. The van der Waals surface area contributed by atoms with Crippen molar-refractivity contribution < 1.29 is 4.79 Å². The molecule has 4 heteroatoms. The molecule has 0 spiro atoms. The van der Waals surface area contributed by atoms with Crippen LogP contribution in [0, 0.1) is 11.3 Å². The zero-order valence-corrected chi connectivity index (χ0v) is 12.6. The van der Waals surface area contributed by atoms with Gasteiger partial charge in [-0.05, 0) is 30.6 Å². The molecule has 1 aromatic heterocycles. The van der Waals surface area contributed by atoms with Crippen LogP contribution in [-0.2, 0) is 6.42 Å². The molecule has 2 heterocycles. The maximum absolute atomic E-state index is 12.1. The van der Waals surface area contributed by atoms with Gasteiger partial charge in [0.2, 0.25) is 5.95 Å². The lowest BCUT2D eigenvalue weighted by Crippen LogP contribution is -2.35. The number of fused-ring (bicyclic) bond motifs is 1. The molecule has 1 saturated heterocycles. The normalized spacial score (nSPS) is 22.8. The summed E-state index contributed by atoms with van der Waals surface area (Å²) >= 11 is 0. The molecule has 108 valence electrons. The lowest BCUT2D eigenvalue weighted by atomic mass is 9.76. The quantitative estimate of drug-likeness (QED) is 0.789. The van der Waals surface area contributed by atoms with Crippen LogP contribution in [0.25, 0.3) is 0 Å². The molecule has 0 amide bonds. The van der Waals surface area contributed by atoms with Gasteiger partial charge in [-0.2, -0.15) is 0 Å². The lowest BCUT2D eigenvalue weighted by molar-refractivity contribution is 0.0909. The highest BCUT2D eigenvalue weighted by Crippen LogP contribution is 2.34. The summed E-state index contributed by atoms with van der Waals surface area (Å²) in [6.07, 6.45) is 5.61. The van der Waals surface area contributed by atoms with E-state index in [4.69, 9.17) is 4.98 Å². The summed E-state index contributed by atoms with van der Waals surface area (Å²) in [6.45, 7) is 8.62. The van der Waals surface area contributed by atoms with Gasteiger partial charge < -0.3 is 4.90 Å². The van der Waals surface area contributed by atoms with Crippen LogP contribution in [0.1, 0.15) is 56.1 Å². The van der Waals surface area contributed by atoms with E-state index >= 15 is 0 Å². The van der Waals surface area contributed by atoms with E-state index in [1.54, 1.807) is 6.20 Å². The Bertz CT molecular complexity index is 531. The number of nitrogens with zero attached hydrogens (tertiary/aromatic N) is 3. The number of anilines is 1. The smallest absolute Gasteiger partial charge is 0.225 e. The number of piperidine rings is 1. The fourth-order valence-electron chi connectivity index (χ4n) is 3.18. The fraction of sp³-hybridized carbons (Fsp3) is 0.688. The molecule has 2 aliphatic rings. The van der Waals surface area contributed by atoms with Crippen molar-refractivity contribution in [1.82, 2.24) is 9.97 Å². The van der Waals surface area contributed by atoms with Gasteiger partial charge >= 0.3 is 0 Å². The molecular formula is C16H23N3O. The van der Waals surface area contributed by atoms with Crippen LogP contribution in [0.2, 0.25) is 0 Å². The maximum Gasteiger partial charge on any atom is 0.225 e. The van der Waals surface area contributed by atoms with E-state index < -0.39 is 0 Å². The molecule has 0 bridgehead atoms. The van der Waals surface area contributed by atoms with Gasteiger partial charge in [0.1, 0.15) is 0 Å². The van der Waals surface area contributed by atoms with E-state index in [1.807, 2.05) is 0 Å². The number of hydrogen-bond donors (Lipinski definition) is 0. The van der Waals surface area contributed by atoms with Crippen LogP contribution in [-0.4, -0.2) is 28.8 Å². The molecule has 0 N–H and O–H groups in total. The summed E-state index contributed by atoms with van der Waals surface area (Å²) in [5, 5.41) is 0. The molecule has 1 aliphatic carbocycles. The van der Waals surface area contributed by atoms with Gasteiger partial charge in [-0.1, -0.05) is 20.8 Å². The standard InChI is InChI=1S/C16H23N3O/c1-11-4-6-19(7-5-11)15-17-10-12-13(18-15)8-16(2,3)9-14(12)20/h10-11H,4-9H2,1-3H3. The highest BCUT2D eigenvalue weighted by molar-refractivity contribution is 5.98. The minimum absolute atomic E-state index is 0.0200. The second kappa shape index (κ2) is 4.83. The first-order valence-electron chi connectivity index (χ1n) is 7.59. The van der Waals surface area contributed by atoms with E-state index in [9.17, 15) is 4.79 Å². The van der Waals surface area contributed by atoms with Crippen molar-refractivity contribution in [1.29, 1.82) is 0 Å². The summed E-state index contributed by atoms with van der Waals surface area (Å²) in [5.74, 6) is 1.79. The number of rotatable bonds is 1. The first-order valence-corrected chi connectivity index (χ1v) is 7.59. The highest BCUT2D eigenvalue weighted by atomic mass is 16.1. The van der Waals surface area contributed by atoms with Gasteiger partial charge in [0.05, 0.1) is 11.3 Å². The molecule has 0 unspecified atom stereocenters. The van der Waals surface area contributed by atoms with E-state index in [1.165, 1.54) is 12.8 Å². The molecular weight excluding hydrogens is 250 g/mol. The second-order valence-corrected chi connectivity index (χ2v) is 7.14. The Morgan fingerprint density at radius 1 is 1.25 bits per heavy atom. The van der Waals surface area contributed by atoms with Crippen molar-refractivity contribution in [2.24, 2.45) is 11.3 Å². The Balaban J connectivity index is 1.87. The molecule has 1 fully saturated rings. The Hall–Kier alpha value is -1.45. The monoisotopic (exact) mass is 273 g/mol. The van der Waals surface area contributed by atoms with E-state index in [0.717, 1.165) is 42.6 Å². The molecule has 0 atom stereocenters. The highest BCUT2D eigenvalue weighted by Gasteiger charge is 2.32. The zero-order chi connectivity index (χ0) is 14.3. The number of Topliss-reactive ketones (excluding diaryl/α,β-unsaturated/α-hetero) is 1. The minimum atomic E-state index is 0.0200. The number of carbonyl (C=O) groups excluding carboxylic acids is 1. The third-order valence-electron chi connectivity index (χ3n) is 4.51. The summed E-state index contributed by atoms with van der Waals surface area (Å²) in [7, 11) is 0. The molecule has 4 nitrogen and oxygen atoms in total. The summed E-state index contributed by atoms with van der Waals surface area (Å²) in [4.78, 5) is 23.5. The fourth-order valence-corrected chi connectivity index (χ4v) is 3.18. The second-order valence-electron chi connectivity index (χ2n) is 7.14. The number of hydrogen-bond acceptors (Lipinski definition) is 4. The Morgan fingerprint density at radius 3 is 2.65 bits per heavy atom. The molecule has 20 heavy (non-hydrogen) atoms. The van der Waals surface area contributed by atoms with Gasteiger partial charge in [-0.25, -0.2) is 9.97 Å². The third kappa shape index (κ3) is 2.56. The van der Waals surface area contributed by atoms with E-state index in [2.05, 4.69) is 30.7 Å². The number of aromatic nitrogens is 2. The number of ketones is 1. The van der Waals surface area contributed by atoms with Crippen molar-refractivity contribution in [2.75, 3.05) is 18.0 Å². The Morgan fingerprint density at radius 2 is 1.95 bits per heavy atom.